The Morgan fingerprint density at radius 3 is 2.69 bits per heavy atom. The lowest BCUT2D eigenvalue weighted by molar-refractivity contribution is 0.0953. The lowest BCUT2D eigenvalue weighted by atomic mass is 10.2. The molecule has 16 heavy (non-hydrogen) atoms. The van der Waals surface area contributed by atoms with E-state index >= 15 is 0 Å². The van der Waals surface area contributed by atoms with Crippen LogP contribution in [0.3, 0.4) is 0 Å². The molecule has 0 saturated carbocycles. The van der Waals surface area contributed by atoms with Gasteiger partial charge in [-0.15, -0.1) is 0 Å². The third-order valence-electron chi connectivity index (χ3n) is 2.45. The van der Waals surface area contributed by atoms with Gasteiger partial charge >= 0.3 is 0 Å². The van der Waals surface area contributed by atoms with Crippen LogP contribution in [0.15, 0.2) is 10.8 Å². The van der Waals surface area contributed by atoms with Crippen LogP contribution in [0.1, 0.15) is 41.6 Å². The van der Waals surface area contributed by atoms with Crippen molar-refractivity contribution in [2.75, 3.05) is 11.0 Å². The fraction of sp³-hybridized carbons (Fsp3) is 0.583. The van der Waals surface area contributed by atoms with Crippen molar-refractivity contribution in [2.45, 2.75) is 32.6 Å². The number of alkyl halides is 1. The number of unbranched alkanes of at least 4 members (excludes halogenated alkanes) is 3. The molecular weight excluding hydrogens is 333 g/mol. The van der Waals surface area contributed by atoms with Gasteiger partial charge in [0.05, 0.1) is 5.56 Å². The largest absolute Gasteiger partial charge is 0.352 e. The number of thiophene rings is 1. The lowest BCUT2D eigenvalue weighted by Gasteiger charge is -2.04. The minimum Gasteiger partial charge on any atom is -0.352 e. The zero-order valence-corrected chi connectivity index (χ0v) is 12.6. The van der Waals surface area contributed by atoms with Gasteiger partial charge < -0.3 is 5.32 Å². The normalized spacial score (nSPS) is 10.4. The van der Waals surface area contributed by atoms with Gasteiger partial charge in [-0.2, -0.15) is 11.3 Å². The first-order valence-corrected chi connectivity index (χ1v) is 8.09. The maximum absolute atomic E-state index is 11.7. The maximum Gasteiger partial charge on any atom is 0.252 e. The zero-order chi connectivity index (χ0) is 11.8. The van der Waals surface area contributed by atoms with Crippen molar-refractivity contribution in [3.05, 3.63) is 21.9 Å². The third-order valence-corrected chi connectivity index (χ3v) is 4.07. The van der Waals surface area contributed by atoms with Gasteiger partial charge in [0, 0.05) is 11.9 Å². The van der Waals surface area contributed by atoms with E-state index in [1.54, 1.807) is 11.3 Å². The van der Waals surface area contributed by atoms with Gasteiger partial charge in [-0.1, -0.05) is 35.4 Å². The van der Waals surface area contributed by atoms with Crippen LogP contribution in [0.2, 0.25) is 0 Å². The fourth-order valence-electron chi connectivity index (χ4n) is 1.46. The molecule has 0 aliphatic carbocycles. The van der Waals surface area contributed by atoms with E-state index in [4.69, 9.17) is 0 Å². The van der Waals surface area contributed by atoms with Crippen molar-refractivity contribution in [3.63, 3.8) is 0 Å². The second-order valence-electron chi connectivity index (χ2n) is 3.83. The molecule has 0 aliphatic rings. The van der Waals surface area contributed by atoms with Gasteiger partial charge in [-0.3, -0.25) is 4.79 Å². The molecule has 0 unspecified atom stereocenters. The molecule has 0 bridgehead atoms. The Kier molecular flexibility index (Phi) is 7.03. The average molecular weight is 351 g/mol. The van der Waals surface area contributed by atoms with Gasteiger partial charge in [0.25, 0.3) is 5.91 Å². The number of nitrogens with one attached hydrogen (secondary N) is 1. The highest BCUT2D eigenvalue weighted by Crippen LogP contribution is 2.13. The van der Waals surface area contributed by atoms with Crippen LogP contribution < -0.4 is 5.32 Å². The molecule has 0 aliphatic heterocycles. The predicted octanol–water partition coefficient (Wildman–Crippen LogP) is 3.78. The summed E-state index contributed by atoms with van der Waals surface area (Å²) in [5, 5.41) is 6.90. The summed E-state index contributed by atoms with van der Waals surface area (Å²) in [6.45, 7) is 2.78. The molecular formula is C12H18INOS. The Balaban J connectivity index is 2.14. The number of hydrogen-bond donors (Lipinski definition) is 1. The van der Waals surface area contributed by atoms with Crippen LogP contribution in [-0.2, 0) is 0 Å². The van der Waals surface area contributed by atoms with Crippen LogP contribution in [-0.4, -0.2) is 16.9 Å². The van der Waals surface area contributed by atoms with Crippen molar-refractivity contribution in [1.82, 2.24) is 5.32 Å². The summed E-state index contributed by atoms with van der Waals surface area (Å²) in [4.78, 5) is 11.7. The van der Waals surface area contributed by atoms with E-state index in [9.17, 15) is 4.79 Å². The lowest BCUT2D eigenvalue weighted by Crippen LogP contribution is -2.24. The van der Waals surface area contributed by atoms with Crippen molar-refractivity contribution < 1.29 is 4.79 Å². The number of carbonyl (C=O) groups is 1. The average Bonchev–Trinajstić information content (AvgIpc) is 2.69. The summed E-state index contributed by atoms with van der Waals surface area (Å²) >= 11 is 3.98. The Hall–Kier alpha value is -0.100. The van der Waals surface area contributed by atoms with E-state index in [2.05, 4.69) is 27.9 Å². The predicted molar refractivity (Wildman–Crippen MR) is 78.7 cm³/mol. The summed E-state index contributed by atoms with van der Waals surface area (Å²) in [6, 6.07) is 0. The van der Waals surface area contributed by atoms with Crippen LogP contribution >= 0.6 is 33.9 Å². The van der Waals surface area contributed by atoms with E-state index in [1.165, 1.54) is 23.7 Å². The maximum atomic E-state index is 11.7. The van der Waals surface area contributed by atoms with Crippen LogP contribution in [0.4, 0.5) is 0 Å². The minimum absolute atomic E-state index is 0.0765. The summed E-state index contributed by atoms with van der Waals surface area (Å²) in [5.74, 6) is 0.0765. The Morgan fingerprint density at radius 2 is 2.06 bits per heavy atom. The number of aryl methyl sites for hydroxylation is 1. The van der Waals surface area contributed by atoms with Crippen molar-refractivity contribution in [2.24, 2.45) is 0 Å². The molecule has 4 heteroatoms. The van der Waals surface area contributed by atoms with Gasteiger partial charge in [0.1, 0.15) is 0 Å². The number of amides is 1. The smallest absolute Gasteiger partial charge is 0.252 e. The first-order valence-electron chi connectivity index (χ1n) is 5.62. The Labute approximate surface area is 115 Å². The van der Waals surface area contributed by atoms with Gasteiger partial charge in [0.15, 0.2) is 0 Å². The number of hydrogen-bond acceptors (Lipinski definition) is 2. The van der Waals surface area contributed by atoms with Crippen molar-refractivity contribution in [1.29, 1.82) is 0 Å². The molecule has 1 rings (SSSR count). The number of halogens is 1. The second-order valence-corrected chi connectivity index (χ2v) is 5.65. The molecule has 0 fully saturated rings. The molecule has 0 atom stereocenters. The molecule has 0 aromatic carbocycles. The van der Waals surface area contributed by atoms with E-state index in [0.717, 1.165) is 24.1 Å². The summed E-state index contributed by atoms with van der Waals surface area (Å²) < 4.78 is 1.23. The molecule has 1 heterocycles. The van der Waals surface area contributed by atoms with Crippen LogP contribution in [0, 0.1) is 6.92 Å². The quantitative estimate of drug-likeness (QED) is 0.452. The zero-order valence-electron chi connectivity index (χ0n) is 9.59. The molecule has 1 aromatic rings. The third kappa shape index (κ3) is 4.82. The highest BCUT2D eigenvalue weighted by molar-refractivity contribution is 14.1. The van der Waals surface area contributed by atoms with Crippen molar-refractivity contribution >= 4 is 39.8 Å². The molecule has 90 valence electrons. The summed E-state index contributed by atoms with van der Waals surface area (Å²) in [5.41, 5.74) is 1.91. The molecule has 0 saturated heterocycles. The van der Waals surface area contributed by atoms with E-state index in [-0.39, 0.29) is 5.91 Å². The first kappa shape index (κ1) is 14.0. The first-order chi connectivity index (χ1) is 7.75. The Morgan fingerprint density at radius 1 is 1.31 bits per heavy atom. The second kappa shape index (κ2) is 8.06. The van der Waals surface area contributed by atoms with Gasteiger partial charge in [-0.25, -0.2) is 0 Å². The molecule has 0 radical (unpaired) electrons. The topological polar surface area (TPSA) is 29.1 Å². The van der Waals surface area contributed by atoms with E-state index in [0.29, 0.717) is 0 Å². The molecule has 1 N–H and O–H groups in total. The molecule has 1 aromatic heterocycles. The highest BCUT2D eigenvalue weighted by Gasteiger charge is 2.08. The summed E-state index contributed by atoms with van der Waals surface area (Å²) in [6.07, 6.45) is 4.87. The molecule has 0 spiro atoms. The molecule has 1 amide bonds. The highest BCUT2D eigenvalue weighted by atomic mass is 127. The van der Waals surface area contributed by atoms with Crippen LogP contribution in [0.5, 0.6) is 0 Å². The standard InChI is InChI=1S/C12H18INOS/c1-10-8-16-9-11(10)12(15)14-7-5-3-2-4-6-13/h8-9H,2-7H2,1H3,(H,14,15). The van der Waals surface area contributed by atoms with Gasteiger partial charge in [0.2, 0.25) is 0 Å². The summed E-state index contributed by atoms with van der Waals surface area (Å²) in [7, 11) is 0. The van der Waals surface area contributed by atoms with E-state index < -0.39 is 0 Å². The number of carbonyl (C=O) groups excluding carboxylic acids is 1. The minimum atomic E-state index is 0.0765. The molecule has 2 nitrogen and oxygen atoms in total. The fourth-order valence-corrected chi connectivity index (χ4v) is 2.83. The Bertz CT molecular complexity index is 325. The van der Waals surface area contributed by atoms with Crippen molar-refractivity contribution in [3.8, 4) is 0 Å². The number of rotatable bonds is 7. The SMILES string of the molecule is Cc1cscc1C(=O)NCCCCCCI. The van der Waals surface area contributed by atoms with E-state index in [1.807, 2.05) is 17.7 Å². The van der Waals surface area contributed by atoms with Gasteiger partial charge in [-0.05, 0) is 35.1 Å². The van der Waals surface area contributed by atoms with Crippen LogP contribution in [0.25, 0.3) is 0 Å². The monoisotopic (exact) mass is 351 g/mol.